The van der Waals surface area contributed by atoms with E-state index in [1.807, 2.05) is 0 Å². The van der Waals surface area contributed by atoms with Gasteiger partial charge in [0.05, 0.1) is 5.60 Å². The van der Waals surface area contributed by atoms with Gasteiger partial charge in [0.15, 0.2) is 0 Å². The Morgan fingerprint density at radius 3 is 2.36 bits per heavy atom. The Bertz CT molecular complexity index is 147. The molecule has 0 aromatic rings. The molecule has 0 saturated heterocycles. The van der Waals surface area contributed by atoms with E-state index < -0.39 is 11.0 Å². The summed E-state index contributed by atoms with van der Waals surface area (Å²) < 4.78 is 5.03. The summed E-state index contributed by atoms with van der Waals surface area (Å²) in [4.78, 5) is 11.0. The zero-order valence-corrected chi connectivity index (χ0v) is 8.03. The molecule has 0 aliphatic rings. The standard InChI is InChI=1S/C7H14ClNO2/c1-7(2,11-4)5(8)6(10)9-3/h5H,1-4H3,(H,9,10). The maximum Gasteiger partial charge on any atom is 0.240 e. The third-order valence-electron chi connectivity index (χ3n) is 1.61. The van der Waals surface area contributed by atoms with E-state index in [2.05, 4.69) is 5.32 Å². The Morgan fingerprint density at radius 2 is 2.09 bits per heavy atom. The minimum Gasteiger partial charge on any atom is -0.377 e. The maximum absolute atomic E-state index is 11.0. The number of methoxy groups -OCH3 is 1. The van der Waals surface area contributed by atoms with Crippen molar-refractivity contribution >= 4 is 17.5 Å². The Hall–Kier alpha value is -0.280. The minimum absolute atomic E-state index is 0.224. The number of rotatable bonds is 3. The van der Waals surface area contributed by atoms with Gasteiger partial charge in [-0.1, -0.05) is 0 Å². The van der Waals surface area contributed by atoms with Crippen molar-refractivity contribution in [2.45, 2.75) is 24.8 Å². The van der Waals surface area contributed by atoms with E-state index in [-0.39, 0.29) is 5.91 Å². The van der Waals surface area contributed by atoms with Gasteiger partial charge in [0, 0.05) is 14.2 Å². The highest BCUT2D eigenvalue weighted by Crippen LogP contribution is 2.18. The van der Waals surface area contributed by atoms with E-state index in [4.69, 9.17) is 16.3 Å². The lowest BCUT2D eigenvalue weighted by molar-refractivity contribution is -0.124. The van der Waals surface area contributed by atoms with Crippen molar-refractivity contribution in [2.75, 3.05) is 14.2 Å². The lowest BCUT2D eigenvalue weighted by Gasteiger charge is -2.26. The second-order valence-electron chi connectivity index (χ2n) is 2.78. The van der Waals surface area contributed by atoms with E-state index in [1.165, 1.54) is 7.11 Å². The summed E-state index contributed by atoms with van der Waals surface area (Å²) in [7, 11) is 3.07. The predicted octanol–water partition coefficient (Wildman–Crippen LogP) is 0.765. The van der Waals surface area contributed by atoms with Crippen molar-refractivity contribution in [3.63, 3.8) is 0 Å². The zero-order chi connectivity index (χ0) is 9.07. The summed E-state index contributed by atoms with van der Waals surface area (Å²) in [5.41, 5.74) is -0.623. The van der Waals surface area contributed by atoms with Gasteiger partial charge in [-0.3, -0.25) is 4.79 Å². The summed E-state index contributed by atoms with van der Waals surface area (Å²) >= 11 is 5.79. The molecule has 66 valence electrons. The highest BCUT2D eigenvalue weighted by atomic mass is 35.5. The number of alkyl halides is 1. The largest absolute Gasteiger partial charge is 0.377 e. The molecule has 3 nitrogen and oxygen atoms in total. The first kappa shape index (κ1) is 10.7. The topological polar surface area (TPSA) is 38.3 Å². The minimum atomic E-state index is -0.655. The monoisotopic (exact) mass is 179 g/mol. The Kier molecular flexibility index (Phi) is 3.83. The van der Waals surface area contributed by atoms with E-state index in [0.717, 1.165) is 0 Å². The van der Waals surface area contributed by atoms with Crippen LogP contribution in [-0.2, 0) is 9.53 Å². The molecule has 1 unspecified atom stereocenters. The number of hydrogen-bond acceptors (Lipinski definition) is 2. The van der Waals surface area contributed by atoms with Gasteiger partial charge in [-0.25, -0.2) is 0 Å². The Balaban J connectivity index is 4.22. The molecule has 0 spiro atoms. The van der Waals surface area contributed by atoms with Gasteiger partial charge in [0.1, 0.15) is 5.38 Å². The van der Waals surface area contributed by atoms with Gasteiger partial charge in [0.25, 0.3) is 0 Å². The molecule has 0 heterocycles. The molecule has 0 aromatic carbocycles. The molecule has 1 amide bonds. The molecule has 1 N–H and O–H groups in total. The van der Waals surface area contributed by atoms with Crippen LogP contribution in [0, 0.1) is 0 Å². The van der Waals surface area contributed by atoms with Crippen LogP contribution in [0.2, 0.25) is 0 Å². The summed E-state index contributed by atoms with van der Waals surface area (Å²) in [5.74, 6) is -0.224. The molecule has 4 heteroatoms. The normalized spacial score (nSPS) is 14.3. The van der Waals surface area contributed by atoms with Crippen molar-refractivity contribution in [3.8, 4) is 0 Å². The fourth-order valence-electron chi connectivity index (χ4n) is 0.546. The van der Waals surface area contributed by atoms with Gasteiger partial charge in [-0.15, -0.1) is 11.6 Å². The molecule has 0 rings (SSSR count). The number of carbonyl (C=O) groups excluding carboxylic acids is 1. The van der Waals surface area contributed by atoms with Gasteiger partial charge in [-0.05, 0) is 13.8 Å². The number of amides is 1. The van der Waals surface area contributed by atoms with Crippen LogP contribution in [0.1, 0.15) is 13.8 Å². The molecule has 1 atom stereocenters. The van der Waals surface area contributed by atoms with Gasteiger partial charge in [0.2, 0.25) is 5.91 Å². The molecule has 11 heavy (non-hydrogen) atoms. The average molecular weight is 180 g/mol. The first-order valence-corrected chi connectivity index (χ1v) is 3.80. The fourth-order valence-corrected chi connectivity index (χ4v) is 0.744. The summed E-state index contributed by atoms with van der Waals surface area (Å²) in [6.45, 7) is 3.53. The van der Waals surface area contributed by atoms with Gasteiger partial charge >= 0.3 is 0 Å². The maximum atomic E-state index is 11.0. The van der Waals surface area contributed by atoms with Crippen LogP contribution in [-0.4, -0.2) is 31.0 Å². The average Bonchev–Trinajstić information content (AvgIpc) is 2.01. The van der Waals surface area contributed by atoms with Crippen LogP contribution >= 0.6 is 11.6 Å². The van der Waals surface area contributed by atoms with Crippen molar-refractivity contribution in [1.29, 1.82) is 0 Å². The molecule has 0 aliphatic carbocycles. The first-order valence-electron chi connectivity index (χ1n) is 3.36. The van der Waals surface area contributed by atoms with Crippen molar-refractivity contribution < 1.29 is 9.53 Å². The summed E-state index contributed by atoms with van der Waals surface area (Å²) in [6.07, 6.45) is 0. The van der Waals surface area contributed by atoms with Gasteiger partial charge in [-0.2, -0.15) is 0 Å². The first-order chi connectivity index (χ1) is 4.95. The lowest BCUT2D eigenvalue weighted by atomic mass is 10.0. The highest BCUT2D eigenvalue weighted by molar-refractivity contribution is 6.31. The second kappa shape index (κ2) is 3.93. The molecule has 0 radical (unpaired) electrons. The van der Waals surface area contributed by atoms with Crippen molar-refractivity contribution in [2.24, 2.45) is 0 Å². The number of nitrogens with one attached hydrogen (secondary N) is 1. The van der Waals surface area contributed by atoms with Crippen LogP contribution in [0.4, 0.5) is 0 Å². The molecule has 0 fully saturated rings. The third-order valence-corrected chi connectivity index (χ3v) is 2.34. The van der Waals surface area contributed by atoms with E-state index in [1.54, 1.807) is 20.9 Å². The predicted molar refractivity (Wildman–Crippen MR) is 44.8 cm³/mol. The second-order valence-corrected chi connectivity index (χ2v) is 3.22. The molecule has 0 saturated carbocycles. The zero-order valence-electron chi connectivity index (χ0n) is 7.27. The number of hydrogen-bond donors (Lipinski definition) is 1. The molecule has 0 aromatic heterocycles. The fraction of sp³-hybridized carbons (Fsp3) is 0.857. The summed E-state index contributed by atoms with van der Waals surface area (Å²) in [6, 6.07) is 0. The van der Waals surface area contributed by atoms with Crippen LogP contribution < -0.4 is 5.32 Å². The van der Waals surface area contributed by atoms with Gasteiger partial charge < -0.3 is 10.1 Å². The van der Waals surface area contributed by atoms with Crippen molar-refractivity contribution in [3.05, 3.63) is 0 Å². The number of halogens is 1. The quantitative estimate of drug-likeness (QED) is 0.650. The highest BCUT2D eigenvalue weighted by Gasteiger charge is 2.32. The summed E-state index contributed by atoms with van der Waals surface area (Å²) in [5, 5.41) is 1.80. The Labute approximate surface area is 72.1 Å². The SMILES string of the molecule is CNC(=O)C(Cl)C(C)(C)OC. The molecule has 0 aliphatic heterocycles. The van der Waals surface area contributed by atoms with Crippen LogP contribution in [0.5, 0.6) is 0 Å². The molecular formula is C7H14ClNO2. The van der Waals surface area contributed by atoms with E-state index in [9.17, 15) is 4.79 Å². The lowest BCUT2D eigenvalue weighted by Crippen LogP contribution is -2.44. The molecule has 0 bridgehead atoms. The van der Waals surface area contributed by atoms with Crippen LogP contribution in [0.25, 0.3) is 0 Å². The Morgan fingerprint density at radius 1 is 1.64 bits per heavy atom. The third kappa shape index (κ3) is 2.67. The van der Waals surface area contributed by atoms with Crippen molar-refractivity contribution in [1.82, 2.24) is 5.32 Å². The van der Waals surface area contributed by atoms with Crippen LogP contribution in [0.3, 0.4) is 0 Å². The smallest absolute Gasteiger partial charge is 0.240 e. The van der Waals surface area contributed by atoms with E-state index >= 15 is 0 Å². The number of ether oxygens (including phenoxy) is 1. The van der Waals surface area contributed by atoms with Crippen LogP contribution in [0.15, 0.2) is 0 Å². The van der Waals surface area contributed by atoms with E-state index in [0.29, 0.717) is 0 Å². The number of carbonyl (C=O) groups is 1. The molecular weight excluding hydrogens is 166 g/mol.